The summed E-state index contributed by atoms with van der Waals surface area (Å²) in [4.78, 5) is 33.0. The van der Waals surface area contributed by atoms with E-state index in [-0.39, 0.29) is 24.2 Å². The van der Waals surface area contributed by atoms with Crippen LogP contribution in [0.2, 0.25) is 0 Å². The Bertz CT molecular complexity index is 941. The maximum absolute atomic E-state index is 12.8. The smallest absolute Gasteiger partial charge is 0.227 e. The van der Waals surface area contributed by atoms with E-state index in [1.165, 1.54) is 5.56 Å². The Morgan fingerprint density at radius 1 is 1.06 bits per heavy atom. The van der Waals surface area contributed by atoms with Crippen LogP contribution in [0.1, 0.15) is 17.5 Å². The van der Waals surface area contributed by atoms with Crippen LogP contribution in [-0.2, 0) is 22.7 Å². The third-order valence-electron chi connectivity index (χ3n) is 6.34. The third kappa shape index (κ3) is 5.71. The Labute approximate surface area is 194 Å². The van der Waals surface area contributed by atoms with E-state index < -0.39 is 0 Å². The normalized spacial score (nSPS) is 20.0. The van der Waals surface area contributed by atoms with E-state index in [4.69, 9.17) is 0 Å². The maximum atomic E-state index is 12.8. The lowest BCUT2D eigenvalue weighted by atomic mass is 10.1. The highest BCUT2D eigenvalue weighted by Gasteiger charge is 2.35. The highest BCUT2D eigenvalue weighted by atomic mass is 32.2. The zero-order valence-electron chi connectivity index (χ0n) is 18.9. The van der Waals surface area contributed by atoms with Gasteiger partial charge in [-0.3, -0.25) is 14.5 Å². The summed E-state index contributed by atoms with van der Waals surface area (Å²) in [5, 5.41) is 3.05. The van der Waals surface area contributed by atoms with Crippen molar-refractivity contribution in [1.29, 1.82) is 0 Å². The quantitative estimate of drug-likeness (QED) is 0.655. The molecule has 2 heterocycles. The van der Waals surface area contributed by atoms with Gasteiger partial charge in [0, 0.05) is 62.8 Å². The molecule has 1 atom stereocenters. The van der Waals surface area contributed by atoms with Crippen LogP contribution >= 0.6 is 11.8 Å². The van der Waals surface area contributed by atoms with Gasteiger partial charge in [0.05, 0.1) is 5.92 Å². The van der Waals surface area contributed by atoms with Crippen LogP contribution in [0.25, 0.3) is 0 Å². The van der Waals surface area contributed by atoms with Gasteiger partial charge in [-0.05, 0) is 48.7 Å². The summed E-state index contributed by atoms with van der Waals surface area (Å²) in [6.45, 7) is 6.25. The molecule has 2 fully saturated rings. The van der Waals surface area contributed by atoms with Crippen LogP contribution in [0.4, 0.5) is 5.69 Å². The molecule has 6 nitrogen and oxygen atoms in total. The maximum Gasteiger partial charge on any atom is 0.227 e. The van der Waals surface area contributed by atoms with Crippen LogP contribution < -0.4 is 10.2 Å². The standard InChI is InChI=1S/C25H32N4O2S/c1-27-10-12-28(13-11-27)17-20-5-3-4-19(14-20)16-26-25(31)21-15-24(30)29(18-21)22-6-8-23(32-2)9-7-22/h3-9,14,21H,10-13,15-18H2,1-2H3,(H,26,31). The van der Waals surface area contributed by atoms with E-state index in [0.717, 1.165) is 48.9 Å². The fourth-order valence-electron chi connectivity index (χ4n) is 4.33. The number of rotatable bonds is 7. The van der Waals surface area contributed by atoms with Crippen molar-refractivity contribution in [3.8, 4) is 0 Å². The third-order valence-corrected chi connectivity index (χ3v) is 7.08. The van der Waals surface area contributed by atoms with Gasteiger partial charge in [0.1, 0.15) is 0 Å². The van der Waals surface area contributed by atoms with E-state index >= 15 is 0 Å². The molecule has 2 aromatic rings. The van der Waals surface area contributed by atoms with Crippen LogP contribution in [0.5, 0.6) is 0 Å². The molecule has 0 radical (unpaired) electrons. The Kier molecular flexibility index (Phi) is 7.50. The van der Waals surface area contributed by atoms with Gasteiger partial charge in [-0.2, -0.15) is 0 Å². The highest BCUT2D eigenvalue weighted by Crippen LogP contribution is 2.27. The zero-order chi connectivity index (χ0) is 22.5. The molecule has 0 aromatic heterocycles. The fourth-order valence-corrected chi connectivity index (χ4v) is 4.74. The van der Waals surface area contributed by atoms with Crippen molar-refractivity contribution in [2.45, 2.75) is 24.4 Å². The van der Waals surface area contributed by atoms with Crippen molar-refractivity contribution in [2.75, 3.05) is 50.9 Å². The lowest BCUT2D eigenvalue weighted by Crippen LogP contribution is -2.43. The largest absolute Gasteiger partial charge is 0.352 e. The van der Waals surface area contributed by atoms with E-state index in [2.05, 4.69) is 40.4 Å². The molecule has 2 aromatic carbocycles. The number of hydrogen-bond acceptors (Lipinski definition) is 5. The average molecular weight is 453 g/mol. The molecule has 0 spiro atoms. The van der Waals surface area contributed by atoms with Gasteiger partial charge in [-0.25, -0.2) is 0 Å². The number of anilines is 1. The second-order valence-electron chi connectivity index (χ2n) is 8.72. The predicted molar refractivity (Wildman–Crippen MR) is 130 cm³/mol. The minimum Gasteiger partial charge on any atom is -0.352 e. The first-order chi connectivity index (χ1) is 15.5. The van der Waals surface area contributed by atoms with Gasteiger partial charge in [0.2, 0.25) is 11.8 Å². The Morgan fingerprint density at radius 3 is 2.50 bits per heavy atom. The molecule has 0 saturated carbocycles. The zero-order valence-corrected chi connectivity index (χ0v) is 19.7. The van der Waals surface area contributed by atoms with Crippen LogP contribution in [0.3, 0.4) is 0 Å². The van der Waals surface area contributed by atoms with Gasteiger partial charge in [0.25, 0.3) is 0 Å². The number of hydrogen-bond donors (Lipinski definition) is 1. The molecule has 4 rings (SSSR count). The van der Waals surface area contributed by atoms with Crippen LogP contribution in [-0.4, -0.2) is 67.6 Å². The molecular formula is C25H32N4O2S. The lowest BCUT2D eigenvalue weighted by Gasteiger charge is -2.32. The van der Waals surface area contributed by atoms with Gasteiger partial charge < -0.3 is 15.1 Å². The van der Waals surface area contributed by atoms with E-state index in [1.54, 1.807) is 16.7 Å². The minimum atomic E-state index is -0.309. The van der Waals surface area contributed by atoms with Gasteiger partial charge in [-0.15, -0.1) is 11.8 Å². The Balaban J connectivity index is 1.29. The number of piperazine rings is 1. The van der Waals surface area contributed by atoms with Crippen molar-refractivity contribution in [3.05, 3.63) is 59.7 Å². The number of nitrogens with zero attached hydrogens (tertiary/aromatic N) is 3. The first kappa shape index (κ1) is 22.8. The predicted octanol–water partition coefficient (Wildman–Crippen LogP) is 2.83. The molecule has 1 unspecified atom stereocenters. The Hall–Kier alpha value is -2.35. The molecule has 1 N–H and O–H groups in total. The van der Waals surface area contributed by atoms with Crippen molar-refractivity contribution in [3.63, 3.8) is 0 Å². The van der Waals surface area contributed by atoms with E-state index in [0.29, 0.717) is 13.1 Å². The van der Waals surface area contributed by atoms with Crippen molar-refractivity contribution < 1.29 is 9.59 Å². The molecule has 170 valence electrons. The van der Waals surface area contributed by atoms with Gasteiger partial charge in [-0.1, -0.05) is 24.3 Å². The summed E-state index contributed by atoms with van der Waals surface area (Å²) >= 11 is 1.67. The van der Waals surface area contributed by atoms with Crippen molar-refractivity contribution in [2.24, 2.45) is 5.92 Å². The monoisotopic (exact) mass is 452 g/mol. The van der Waals surface area contributed by atoms with Gasteiger partial charge in [0.15, 0.2) is 0 Å². The number of thioether (sulfide) groups is 1. The molecule has 0 aliphatic carbocycles. The summed E-state index contributed by atoms with van der Waals surface area (Å²) in [7, 11) is 2.17. The lowest BCUT2D eigenvalue weighted by molar-refractivity contribution is -0.126. The second kappa shape index (κ2) is 10.5. The number of benzene rings is 2. The minimum absolute atomic E-state index is 0.0104. The summed E-state index contributed by atoms with van der Waals surface area (Å²) in [5.41, 5.74) is 3.23. The second-order valence-corrected chi connectivity index (χ2v) is 9.60. The molecule has 0 bridgehead atoms. The molecule has 7 heteroatoms. The summed E-state index contributed by atoms with van der Waals surface area (Å²) in [6, 6.07) is 16.4. The highest BCUT2D eigenvalue weighted by molar-refractivity contribution is 7.98. The van der Waals surface area contributed by atoms with E-state index in [9.17, 15) is 9.59 Å². The molecule has 2 aliphatic heterocycles. The number of carbonyl (C=O) groups is 2. The van der Waals surface area contributed by atoms with Crippen LogP contribution in [0, 0.1) is 5.92 Å². The first-order valence-electron chi connectivity index (χ1n) is 11.2. The molecular weight excluding hydrogens is 420 g/mol. The summed E-state index contributed by atoms with van der Waals surface area (Å²) in [6.07, 6.45) is 2.29. The summed E-state index contributed by atoms with van der Waals surface area (Å²) in [5.74, 6) is -0.349. The molecule has 2 amide bonds. The number of likely N-dealkylation sites (N-methyl/N-ethyl adjacent to an activating group) is 1. The van der Waals surface area contributed by atoms with Crippen molar-refractivity contribution >= 4 is 29.3 Å². The average Bonchev–Trinajstić information content (AvgIpc) is 3.21. The first-order valence-corrected chi connectivity index (χ1v) is 12.4. The SMILES string of the molecule is CSc1ccc(N2CC(C(=O)NCc3cccc(CN4CCN(C)CC4)c3)CC2=O)cc1. The number of amides is 2. The summed E-state index contributed by atoms with van der Waals surface area (Å²) < 4.78 is 0. The fraction of sp³-hybridized carbons (Fsp3) is 0.440. The van der Waals surface area contributed by atoms with Gasteiger partial charge >= 0.3 is 0 Å². The molecule has 32 heavy (non-hydrogen) atoms. The number of carbonyl (C=O) groups excluding carboxylic acids is 2. The number of nitrogens with one attached hydrogen (secondary N) is 1. The van der Waals surface area contributed by atoms with Crippen LogP contribution in [0.15, 0.2) is 53.4 Å². The van der Waals surface area contributed by atoms with Crippen molar-refractivity contribution in [1.82, 2.24) is 15.1 Å². The van der Waals surface area contributed by atoms with E-state index in [1.807, 2.05) is 36.6 Å². The molecule has 2 aliphatic rings. The molecule has 2 saturated heterocycles. The Morgan fingerprint density at radius 2 is 1.78 bits per heavy atom. The topological polar surface area (TPSA) is 55.9 Å².